The highest BCUT2D eigenvalue weighted by Crippen LogP contribution is 2.44. The molecule has 4 rings (SSSR count). The zero-order chi connectivity index (χ0) is 22.0. The first-order valence-corrected chi connectivity index (χ1v) is 10.6. The fourth-order valence-corrected chi connectivity index (χ4v) is 3.97. The van der Waals surface area contributed by atoms with E-state index in [0.717, 1.165) is 14.7 Å². The maximum absolute atomic E-state index is 13.8. The van der Waals surface area contributed by atoms with Crippen LogP contribution in [0.1, 0.15) is 40.0 Å². The fraction of sp³-hybridized carbons (Fsp3) is 0.273. The molecule has 2 aromatic carbocycles. The molecule has 2 atom stereocenters. The summed E-state index contributed by atoms with van der Waals surface area (Å²) in [6.07, 6.45) is -2.88. The third-order valence-electron chi connectivity index (χ3n) is 5.30. The van der Waals surface area contributed by atoms with Gasteiger partial charge in [0.1, 0.15) is 11.4 Å². The third kappa shape index (κ3) is 4.76. The molecule has 0 saturated carbocycles. The minimum atomic E-state index is -4.49. The molecular weight excluding hydrogens is 473 g/mol. The highest BCUT2D eigenvalue weighted by molar-refractivity contribution is 9.10. The minimum absolute atomic E-state index is 0.0821. The lowest BCUT2D eigenvalue weighted by Gasteiger charge is -2.34. The lowest BCUT2D eigenvalue weighted by molar-refractivity contribution is -0.173. The smallest absolute Gasteiger partial charge is 0.363 e. The molecule has 162 valence electrons. The summed E-state index contributed by atoms with van der Waals surface area (Å²) in [5, 5.41) is 9.78. The Balaban J connectivity index is 1.56. The molecule has 31 heavy (non-hydrogen) atoms. The van der Waals surface area contributed by atoms with Crippen molar-refractivity contribution in [1.29, 1.82) is 0 Å². The van der Waals surface area contributed by atoms with Gasteiger partial charge in [-0.3, -0.25) is 4.79 Å². The first kappa shape index (κ1) is 21.4. The van der Waals surface area contributed by atoms with Gasteiger partial charge in [-0.15, -0.1) is 0 Å². The van der Waals surface area contributed by atoms with E-state index >= 15 is 0 Å². The van der Waals surface area contributed by atoms with E-state index in [4.69, 9.17) is 0 Å². The van der Waals surface area contributed by atoms with Gasteiger partial charge in [-0.05, 0) is 29.7 Å². The van der Waals surface area contributed by atoms with Crippen LogP contribution in [0.3, 0.4) is 0 Å². The average Bonchev–Trinajstić information content (AvgIpc) is 3.17. The number of carbonyl (C=O) groups excluding carboxylic acids is 1. The number of halogens is 4. The standard InChI is InChI=1S/C22H20BrF3N4O/c23-16-8-6-15(7-9-16)18-12-19(22(24,25)26)30-20(29-18)17(13-28-30)21(31)27-11-10-14-4-2-1-3-5-14/h1-9,13,18-19,29H,10-12H2,(H,27,31)/t18-,19+/m0/s1. The second-order valence-corrected chi connectivity index (χ2v) is 8.30. The number of rotatable bonds is 5. The van der Waals surface area contributed by atoms with Crippen molar-refractivity contribution < 1.29 is 18.0 Å². The summed E-state index contributed by atoms with van der Waals surface area (Å²) in [5.74, 6) is -0.374. The van der Waals surface area contributed by atoms with Crippen molar-refractivity contribution in [3.05, 3.63) is 82.0 Å². The van der Waals surface area contributed by atoms with Gasteiger partial charge in [0.25, 0.3) is 5.91 Å². The molecule has 3 aromatic rings. The van der Waals surface area contributed by atoms with E-state index in [0.29, 0.717) is 18.5 Å². The lowest BCUT2D eigenvalue weighted by atomic mass is 9.96. The summed E-state index contributed by atoms with van der Waals surface area (Å²) in [6.45, 7) is 0.367. The van der Waals surface area contributed by atoms with E-state index in [1.54, 1.807) is 24.3 Å². The second kappa shape index (κ2) is 8.74. The van der Waals surface area contributed by atoms with Crippen molar-refractivity contribution in [2.24, 2.45) is 0 Å². The predicted molar refractivity (Wildman–Crippen MR) is 115 cm³/mol. The fourth-order valence-electron chi connectivity index (χ4n) is 3.70. The summed E-state index contributed by atoms with van der Waals surface area (Å²) in [4.78, 5) is 12.7. The molecule has 0 saturated heterocycles. The van der Waals surface area contributed by atoms with Crippen LogP contribution in [0.2, 0.25) is 0 Å². The summed E-state index contributed by atoms with van der Waals surface area (Å²) < 4.78 is 43.0. The van der Waals surface area contributed by atoms with Crippen molar-refractivity contribution >= 4 is 27.7 Å². The molecule has 0 aliphatic carbocycles. The molecule has 2 N–H and O–H groups in total. The number of anilines is 1. The van der Waals surface area contributed by atoms with E-state index in [1.165, 1.54) is 6.20 Å². The summed E-state index contributed by atoms with van der Waals surface area (Å²) in [5.41, 5.74) is 1.87. The van der Waals surface area contributed by atoms with E-state index in [1.807, 2.05) is 30.3 Å². The van der Waals surface area contributed by atoms with Gasteiger partial charge >= 0.3 is 6.18 Å². The number of nitrogens with zero attached hydrogens (tertiary/aromatic N) is 2. The van der Waals surface area contributed by atoms with Crippen LogP contribution >= 0.6 is 15.9 Å². The Morgan fingerprint density at radius 1 is 1.16 bits per heavy atom. The van der Waals surface area contributed by atoms with Crippen molar-refractivity contribution in [2.75, 3.05) is 11.9 Å². The molecule has 0 fully saturated rings. The third-order valence-corrected chi connectivity index (χ3v) is 5.83. The number of hydrogen-bond donors (Lipinski definition) is 2. The molecule has 1 aromatic heterocycles. The topological polar surface area (TPSA) is 59.0 Å². The quantitative estimate of drug-likeness (QED) is 0.509. The van der Waals surface area contributed by atoms with Crippen LogP contribution in [0.4, 0.5) is 19.0 Å². The van der Waals surface area contributed by atoms with Crippen LogP contribution in [0.5, 0.6) is 0 Å². The lowest BCUT2D eigenvalue weighted by Crippen LogP contribution is -2.36. The van der Waals surface area contributed by atoms with Gasteiger partial charge in [0, 0.05) is 17.4 Å². The van der Waals surface area contributed by atoms with Gasteiger partial charge in [-0.25, -0.2) is 4.68 Å². The summed E-state index contributed by atoms with van der Waals surface area (Å²) in [6, 6.07) is 14.3. The van der Waals surface area contributed by atoms with E-state index in [9.17, 15) is 18.0 Å². The maximum Gasteiger partial charge on any atom is 0.410 e. The van der Waals surface area contributed by atoms with Crippen molar-refractivity contribution in [1.82, 2.24) is 15.1 Å². The van der Waals surface area contributed by atoms with Crippen LogP contribution in [0, 0.1) is 0 Å². The van der Waals surface area contributed by atoms with Crippen molar-refractivity contribution in [2.45, 2.75) is 31.1 Å². The predicted octanol–water partition coefficient (Wildman–Crippen LogP) is 5.28. The number of hydrogen-bond acceptors (Lipinski definition) is 3. The Hall–Kier alpha value is -2.81. The van der Waals surface area contributed by atoms with E-state index in [2.05, 4.69) is 31.7 Å². The Kier molecular flexibility index (Phi) is 6.04. The molecule has 5 nitrogen and oxygen atoms in total. The number of fused-ring (bicyclic) bond motifs is 1. The van der Waals surface area contributed by atoms with Crippen LogP contribution in [-0.4, -0.2) is 28.4 Å². The molecule has 0 bridgehead atoms. The average molecular weight is 493 g/mol. The Morgan fingerprint density at radius 3 is 2.55 bits per heavy atom. The Bertz CT molecular complexity index is 1050. The molecular formula is C22H20BrF3N4O. The Labute approximate surface area is 185 Å². The first-order chi connectivity index (χ1) is 14.8. The van der Waals surface area contributed by atoms with Crippen LogP contribution in [0.25, 0.3) is 0 Å². The van der Waals surface area contributed by atoms with Gasteiger partial charge in [0.2, 0.25) is 0 Å². The van der Waals surface area contributed by atoms with Crippen LogP contribution in [-0.2, 0) is 6.42 Å². The van der Waals surface area contributed by atoms with Gasteiger partial charge in [-0.2, -0.15) is 18.3 Å². The van der Waals surface area contributed by atoms with Gasteiger partial charge in [0.15, 0.2) is 6.04 Å². The number of benzene rings is 2. The molecule has 0 unspecified atom stereocenters. The van der Waals surface area contributed by atoms with E-state index in [-0.39, 0.29) is 17.8 Å². The highest BCUT2D eigenvalue weighted by Gasteiger charge is 2.47. The van der Waals surface area contributed by atoms with Crippen molar-refractivity contribution in [3.63, 3.8) is 0 Å². The molecule has 9 heteroatoms. The minimum Gasteiger partial charge on any atom is -0.363 e. The molecule has 0 radical (unpaired) electrons. The second-order valence-electron chi connectivity index (χ2n) is 7.38. The zero-order valence-corrected chi connectivity index (χ0v) is 18.0. The highest BCUT2D eigenvalue weighted by atomic mass is 79.9. The summed E-state index contributed by atoms with van der Waals surface area (Å²) in [7, 11) is 0. The largest absolute Gasteiger partial charge is 0.410 e. The first-order valence-electron chi connectivity index (χ1n) is 9.81. The monoisotopic (exact) mass is 492 g/mol. The number of nitrogens with one attached hydrogen (secondary N) is 2. The normalized spacial score (nSPS) is 18.2. The molecule has 1 aliphatic heterocycles. The van der Waals surface area contributed by atoms with Gasteiger partial charge in [-0.1, -0.05) is 58.4 Å². The van der Waals surface area contributed by atoms with E-state index < -0.39 is 24.2 Å². The zero-order valence-electron chi connectivity index (χ0n) is 16.4. The van der Waals surface area contributed by atoms with Gasteiger partial charge in [0.05, 0.1) is 12.2 Å². The number of aromatic nitrogens is 2. The Morgan fingerprint density at radius 2 is 1.87 bits per heavy atom. The van der Waals surface area contributed by atoms with Crippen LogP contribution < -0.4 is 10.6 Å². The molecule has 1 aliphatic rings. The van der Waals surface area contributed by atoms with Gasteiger partial charge < -0.3 is 10.6 Å². The molecule has 2 heterocycles. The number of carbonyl (C=O) groups is 1. The maximum atomic E-state index is 13.8. The van der Waals surface area contributed by atoms with Crippen molar-refractivity contribution in [3.8, 4) is 0 Å². The molecule has 1 amide bonds. The summed E-state index contributed by atoms with van der Waals surface area (Å²) >= 11 is 3.34. The SMILES string of the molecule is O=C(NCCc1ccccc1)c1cnn2c1N[C@H](c1ccc(Br)cc1)C[C@@H]2C(F)(F)F. The van der Waals surface area contributed by atoms with Crippen LogP contribution in [0.15, 0.2) is 65.3 Å². The number of amides is 1. The number of alkyl halides is 3. The molecule has 0 spiro atoms.